The summed E-state index contributed by atoms with van der Waals surface area (Å²) in [6.45, 7) is 0. The van der Waals surface area contributed by atoms with Crippen LogP contribution in [-0.4, -0.2) is 26.4 Å². The van der Waals surface area contributed by atoms with E-state index in [4.69, 9.17) is 0 Å². The highest BCUT2D eigenvalue weighted by Gasteiger charge is 2.26. The molecule has 3 nitrogen and oxygen atoms in total. The predicted molar refractivity (Wildman–Crippen MR) is 48.1 cm³/mol. The van der Waals surface area contributed by atoms with E-state index in [9.17, 15) is 5.11 Å². The van der Waals surface area contributed by atoms with Gasteiger partial charge in [-0.1, -0.05) is 11.8 Å². The Kier molecular flexibility index (Phi) is 2.37. The summed E-state index contributed by atoms with van der Waals surface area (Å²) in [5, 5.41) is 10.8. The summed E-state index contributed by atoms with van der Waals surface area (Å²) in [6, 6.07) is 0. The van der Waals surface area contributed by atoms with Crippen LogP contribution in [0.5, 0.6) is 0 Å². The third-order valence-corrected chi connectivity index (χ3v) is 3.45. The van der Waals surface area contributed by atoms with E-state index in [1.54, 1.807) is 18.0 Å². The van der Waals surface area contributed by atoms with E-state index in [2.05, 4.69) is 9.97 Å². The van der Waals surface area contributed by atoms with Crippen molar-refractivity contribution in [1.29, 1.82) is 0 Å². The average molecular weight is 184 g/mol. The Morgan fingerprint density at radius 1 is 1.58 bits per heavy atom. The number of aromatic amines is 1. The second-order valence-electron chi connectivity index (χ2n) is 3.05. The lowest BCUT2D eigenvalue weighted by atomic mass is 10.3. The van der Waals surface area contributed by atoms with Crippen LogP contribution in [0, 0.1) is 0 Å². The highest BCUT2D eigenvalue weighted by molar-refractivity contribution is 7.99. The monoisotopic (exact) mass is 184 g/mol. The van der Waals surface area contributed by atoms with E-state index < -0.39 is 0 Å². The Labute approximate surface area is 75.6 Å². The topological polar surface area (TPSA) is 48.9 Å². The molecule has 1 aliphatic carbocycles. The van der Waals surface area contributed by atoms with Crippen LogP contribution in [-0.2, 0) is 0 Å². The van der Waals surface area contributed by atoms with Gasteiger partial charge in [-0.05, 0) is 19.3 Å². The van der Waals surface area contributed by atoms with Crippen molar-refractivity contribution < 1.29 is 5.11 Å². The van der Waals surface area contributed by atoms with Crippen molar-refractivity contribution in [2.24, 2.45) is 0 Å². The van der Waals surface area contributed by atoms with Gasteiger partial charge in [0.1, 0.15) is 0 Å². The summed E-state index contributed by atoms with van der Waals surface area (Å²) >= 11 is 1.65. The lowest BCUT2D eigenvalue weighted by Gasteiger charge is -2.10. The lowest BCUT2D eigenvalue weighted by molar-refractivity contribution is 0.188. The molecule has 2 rings (SSSR count). The summed E-state index contributed by atoms with van der Waals surface area (Å²) < 4.78 is 0. The number of aliphatic hydroxyl groups is 1. The van der Waals surface area contributed by atoms with E-state index in [1.807, 2.05) is 6.20 Å². The Bertz CT molecular complexity index is 237. The van der Waals surface area contributed by atoms with Gasteiger partial charge in [-0.15, -0.1) is 0 Å². The quantitative estimate of drug-likeness (QED) is 0.730. The molecular formula is C8H12N2OS. The number of rotatable bonds is 2. The van der Waals surface area contributed by atoms with Crippen molar-refractivity contribution in [3.8, 4) is 0 Å². The molecule has 2 N–H and O–H groups in total. The lowest BCUT2D eigenvalue weighted by Crippen LogP contribution is -2.15. The molecule has 1 fully saturated rings. The van der Waals surface area contributed by atoms with Crippen molar-refractivity contribution in [2.75, 3.05) is 0 Å². The molecule has 0 amide bonds. The van der Waals surface area contributed by atoms with E-state index in [0.717, 1.165) is 24.4 Å². The molecule has 0 aliphatic heterocycles. The molecule has 1 aromatic rings. The van der Waals surface area contributed by atoms with Crippen LogP contribution in [0.4, 0.5) is 0 Å². The van der Waals surface area contributed by atoms with Crippen molar-refractivity contribution >= 4 is 11.8 Å². The summed E-state index contributed by atoms with van der Waals surface area (Å²) in [7, 11) is 0. The molecule has 12 heavy (non-hydrogen) atoms. The van der Waals surface area contributed by atoms with Crippen LogP contribution >= 0.6 is 11.8 Å². The maximum atomic E-state index is 9.53. The normalized spacial score (nSPS) is 29.4. The first kappa shape index (κ1) is 8.13. The molecule has 0 unspecified atom stereocenters. The number of hydrogen-bond donors (Lipinski definition) is 2. The fraction of sp³-hybridized carbons (Fsp3) is 0.625. The number of imidazole rings is 1. The zero-order chi connectivity index (χ0) is 8.39. The molecule has 66 valence electrons. The van der Waals surface area contributed by atoms with Gasteiger partial charge in [-0.3, -0.25) is 0 Å². The Morgan fingerprint density at radius 2 is 2.50 bits per heavy atom. The predicted octanol–water partition coefficient (Wildman–Crippen LogP) is 1.42. The first-order valence-electron chi connectivity index (χ1n) is 4.20. The molecule has 1 aliphatic rings. The van der Waals surface area contributed by atoms with Gasteiger partial charge in [0.2, 0.25) is 0 Å². The van der Waals surface area contributed by atoms with Crippen molar-refractivity contribution in [2.45, 2.75) is 35.8 Å². The van der Waals surface area contributed by atoms with Crippen molar-refractivity contribution in [3.63, 3.8) is 0 Å². The van der Waals surface area contributed by atoms with Gasteiger partial charge in [0.05, 0.1) is 6.10 Å². The van der Waals surface area contributed by atoms with Crippen LogP contribution in [0.1, 0.15) is 19.3 Å². The summed E-state index contributed by atoms with van der Waals surface area (Å²) in [5.41, 5.74) is 0. The zero-order valence-electron chi connectivity index (χ0n) is 6.73. The van der Waals surface area contributed by atoms with Crippen LogP contribution in [0.3, 0.4) is 0 Å². The van der Waals surface area contributed by atoms with Gasteiger partial charge in [0.15, 0.2) is 5.16 Å². The number of thioether (sulfide) groups is 1. The number of nitrogens with zero attached hydrogens (tertiary/aromatic N) is 1. The molecule has 1 aromatic heterocycles. The molecule has 0 spiro atoms. The van der Waals surface area contributed by atoms with Crippen molar-refractivity contribution in [3.05, 3.63) is 12.4 Å². The van der Waals surface area contributed by atoms with Gasteiger partial charge >= 0.3 is 0 Å². The highest BCUT2D eigenvalue weighted by Crippen LogP contribution is 2.32. The van der Waals surface area contributed by atoms with Gasteiger partial charge in [0.25, 0.3) is 0 Å². The molecule has 0 bridgehead atoms. The van der Waals surface area contributed by atoms with E-state index in [-0.39, 0.29) is 6.10 Å². The minimum Gasteiger partial charge on any atom is -0.392 e. The Hall–Kier alpha value is -0.480. The van der Waals surface area contributed by atoms with E-state index >= 15 is 0 Å². The molecule has 0 aromatic carbocycles. The van der Waals surface area contributed by atoms with Gasteiger partial charge in [-0.25, -0.2) is 4.98 Å². The highest BCUT2D eigenvalue weighted by atomic mass is 32.2. The number of aromatic nitrogens is 2. The smallest absolute Gasteiger partial charge is 0.165 e. The van der Waals surface area contributed by atoms with Crippen molar-refractivity contribution in [1.82, 2.24) is 9.97 Å². The third kappa shape index (κ3) is 1.64. The molecule has 2 atom stereocenters. The first-order chi connectivity index (χ1) is 5.86. The largest absolute Gasteiger partial charge is 0.392 e. The summed E-state index contributed by atoms with van der Waals surface area (Å²) in [5.74, 6) is 0. The standard InChI is InChI=1S/C8H12N2OS/c11-6-2-1-3-7(6)12-8-9-4-5-10-8/h4-7,11H,1-3H2,(H,9,10)/t6-,7-/m1/s1. The number of aliphatic hydroxyl groups excluding tert-OH is 1. The maximum absolute atomic E-state index is 9.53. The second-order valence-corrected chi connectivity index (χ2v) is 4.28. The first-order valence-corrected chi connectivity index (χ1v) is 5.08. The van der Waals surface area contributed by atoms with Gasteiger partial charge < -0.3 is 10.1 Å². The molecular weight excluding hydrogens is 172 g/mol. The Morgan fingerprint density at radius 3 is 3.08 bits per heavy atom. The number of H-pyrrole nitrogens is 1. The average Bonchev–Trinajstić information content (AvgIpc) is 2.65. The van der Waals surface area contributed by atoms with E-state index in [0.29, 0.717) is 5.25 Å². The van der Waals surface area contributed by atoms with Crippen LogP contribution in [0.15, 0.2) is 17.6 Å². The Balaban J connectivity index is 1.95. The maximum Gasteiger partial charge on any atom is 0.165 e. The SMILES string of the molecule is O[C@@H]1CCC[C@H]1Sc1ncc[nH]1. The zero-order valence-corrected chi connectivity index (χ0v) is 7.55. The molecule has 1 heterocycles. The summed E-state index contributed by atoms with van der Waals surface area (Å²) in [4.78, 5) is 7.14. The van der Waals surface area contributed by atoms with Crippen LogP contribution < -0.4 is 0 Å². The van der Waals surface area contributed by atoms with Gasteiger partial charge in [0, 0.05) is 17.6 Å². The molecule has 1 saturated carbocycles. The number of hydrogen-bond acceptors (Lipinski definition) is 3. The molecule has 4 heteroatoms. The third-order valence-electron chi connectivity index (χ3n) is 2.15. The van der Waals surface area contributed by atoms with Gasteiger partial charge in [-0.2, -0.15) is 0 Å². The minimum atomic E-state index is -0.139. The van der Waals surface area contributed by atoms with Crippen LogP contribution in [0.2, 0.25) is 0 Å². The molecule has 0 radical (unpaired) electrons. The fourth-order valence-electron chi connectivity index (χ4n) is 1.50. The molecule has 0 saturated heterocycles. The summed E-state index contributed by atoms with van der Waals surface area (Å²) in [6.07, 6.45) is 6.60. The second kappa shape index (κ2) is 3.49. The minimum absolute atomic E-state index is 0.139. The van der Waals surface area contributed by atoms with E-state index in [1.165, 1.54) is 0 Å². The van der Waals surface area contributed by atoms with Crippen LogP contribution in [0.25, 0.3) is 0 Å². The number of nitrogens with one attached hydrogen (secondary N) is 1. The fourth-order valence-corrected chi connectivity index (χ4v) is 2.62.